The van der Waals surface area contributed by atoms with Crippen molar-refractivity contribution in [2.75, 3.05) is 11.9 Å². The summed E-state index contributed by atoms with van der Waals surface area (Å²) in [6.07, 6.45) is 6.03. The maximum atomic E-state index is 13.6. The summed E-state index contributed by atoms with van der Waals surface area (Å²) in [5.74, 6) is -0.0253. The Morgan fingerprint density at radius 3 is 2.39 bits per heavy atom. The monoisotopic (exact) mass is 489 g/mol. The standard InChI is InChI=1S/C27H30FN5O.C2H6/c1-6-7-18-13-15-33-22(16-18)31-24(19-8-10-20(28)11-9-19)25(33)21-12-14-29-26(30-21)32(5)23(34)17-27(2,3)4;1-2/h8-16H,6-7,17H2,1-5H3;1-2H3. The van der Waals surface area contributed by atoms with E-state index < -0.39 is 0 Å². The fraction of sp³-hybridized carbons (Fsp3) is 0.379. The SMILES string of the molecule is CC.CCCc1ccn2c(-c3ccnc(N(C)C(=O)CC(C)(C)C)n3)c(-c3ccc(F)cc3)nc2c1. The van der Waals surface area contributed by atoms with Crippen LogP contribution in [0.5, 0.6) is 0 Å². The van der Waals surface area contributed by atoms with Crippen LogP contribution in [0.25, 0.3) is 28.3 Å². The summed E-state index contributed by atoms with van der Waals surface area (Å²) in [6, 6.07) is 12.2. The minimum absolute atomic E-state index is 0.0502. The third kappa shape index (κ3) is 6.14. The number of pyridine rings is 1. The van der Waals surface area contributed by atoms with Crippen LogP contribution >= 0.6 is 0 Å². The van der Waals surface area contributed by atoms with E-state index in [1.165, 1.54) is 22.6 Å². The summed E-state index contributed by atoms with van der Waals surface area (Å²) in [5.41, 5.74) is 4.74. The van der Waals surface area contributed by atoms with Gasteiger partial charge >= 0.3 is 0 Å². The number of rotatable bonds is 6. The first-order chi connectivity index (χ1) is 17.2. The van der Waals surface area contributed by atoms with Crippen LogP contribution in [0.1, 0.15) is 59.9 Å². The van der Waals surface area contributed by atoms with Crippen molar-refractivity contribution >= 4 is 17.5 Å². The minimum Gasteiger partial charge on any atom is -0.298 e. The maximum absolute atomic E-state index is 13.6. The summed E-state index contributed by atoms with van der Waals surface area (Å²) < 4.78 is 15.6. The molecule has 1 amide bonds. The average Bonchev–Trinajstić information content (AvgIpc) is 3.23. The highest BCUT2D eigenvalue weighted by atomic mass is 19.1. The van der Waals surface area contributed by atoms with Gasteiger partial charge in [-0.15, -0.1) is 0 Å². The molecule has 0 bridgehead atoms. The van der Waals surface area contributed by atoms with Gasteiger partial charge in [-0.05, 0) is 59.9 Å². The lowest BCUT2D eigenvalue weighted by Crippen LogP contribution is -2.31. The topological polar surface area (TPSA) is 63.4 Å². The van der Waals surface area contributed by atoms with E-state index >= 15 is 0 Å². The molecule has 0 saturated heterocycles. The maximum Gasteiger partial charge on any atom is 0.232 e. The molecule has 36 heavy (non-hydrogen) atoms. The summed E-state index contributed by atoms with van der Waals surface area (Å²) >= 11 is 0. The van der Waals surface area contributed by atoms with E-state index in [9.17, 15) is 9.18 Å². The summed E-state index contributed by atoms with van der Waals surface area (Å²) in [6.45, 7) is 12.2. The zero-order valence-electron chi connectivity index (χ0n) is 22.3. The number of hydrogen-bond acceptors (Lipinski definition) is 4. The first-order valence-electron chi connectivity index (χ1n) is 12.5. The molecule has 190 valence electrons. The number of anilines is 1. The summed E-state index contributed by atoms with van der Waals surface area (Å²) in [7, 11) is 1.69. The molecule has 0 aliphatic carbocycles. The molecule has 0 N–H and O–H groups in total. The number of aryl methyl sites for hydroxylation is 1. The second-order valence-corrected chi connectivity index (χ2v) is 9.76. The molecule has 6 nitrogen and oxygen atoms in total. The number of carbonyl (C=O) groups is 1. The van der Waals surface area contributed by atoms with Gasteiger partial charge in [0, 0.05) is 31.4 Å². The van der Waals surface area contributed by atoms with E-state index in [0.717, 1.165) is 29.7 Å². The largest absolute Gasteiger partial charge is 0.298 e. The molecular formula is C29H36FN5O. The van der Waals surface area contributed by atoms with E-state index in [-0.39, 0.29) is 17.1 Å². The number of amides is 1. The lowest BCUT2D eigenvalue weighted by Gasteiger charge is -2.22. The molecule has 4 aromatic rings. The Bertz CT molecular complexity index is 1320. The first kappa shape index (κ1) is 27.0. The van der Waals surface area contributed by atoms with Gasteiger partial charge in [-0.2, -0.15) is 0 Å². The van der Waals surface area contributed by atoms with Crippen LogP contribution in [0, 0.1) is 11.2 Å². The lowest BCUT2D eigenvalue weighted by molar-refractivity contribution is -0.120. The minimum atomic E-state index is -0.303. The Kier molecular flexibility index (Phi) is 8.56. The number of hydrogen-bond donors (Lipinski definition) is 0. The zero-order chi connectivity index (χ0) is 26.5. The molecule has 0 aliphatic heterocycles. The Balaban J connectivity index is 0.00000176. The van der Waals surface area contributed by atoms with Crippen LogP contribution in [0.4, 0.5) is 10.3 Å². The quantitative estimate of drug-likeness (QED) is 0.293. The van der Waals surface area contributed by atoms with Crippen LogP contribution in [-0.2, 0) is 11.2 Å². The van der Waals surface area contributed by atoms with Gasteiger partial charge in [-0.1, -0.05) is 48.0 Å². The number of halogens is 1. The highest BCUT2D eigenvalue weighted by Crippen LogP contribution is 2.33. The summed E-state index contributed by atoms with van der Waals surface area (Å²) in [4.78, 5) is 28.3. The van der Waals surface area contributed by atoms with Crippen LogP contribution in [0.2, 0.25) is 0 Å². The van der Waals surface area contributed by atoms with E-state index in [1.54, 1.807) is 25.4 Å². The average molecular weight is 490 g/mol. The molecule has 3 aromatic heterocycles. The highest BCUT2D eigenvalue weighted by molar-refractivity contribution is 5.91. The van der Waals surface area contributed by atoms with Gasteiger partial charge in [0.1, 0.15) is 11.5 Å². The van der Waals surface area contributed by atoms with Gasteiger partial charge in [0.25, 0.3) is 0 Å². The van der Waals surface area contributed by atoms with E-state index in [4.69, 9.17) is 9.97 Å². The summed E-state index contributed by atoms with van der Waals surface area (Å²) in [5, 5.41) is 0. The van der Waals surface area contributed by atoms with Gasteiger partial charge in [-0.25, -0.2) is 19.3 Å². The van der Waals surface area contributed by atoms with Gasteiger partial charge in [-0.3, -0.25) is 14.1 Å². The number of nitrogens with zero attached hydrogens (tertiary/aromatic N) is 5. The van der Waals surface area contributed by atoms with Crippen molar-refractivity contribution in [1.29, 1.82) is 0 Å². The Hall–Kier alpha value is -3.61. The smallest absolute Gasteiger partial charge is 0.232 e. The molecule has 1 aromatic carbocycles. The van der Waals surface area contributed by atoms with Crippen LogP contribution in [-0.4, -0.2) is 32.3 Å². The van der Waals surface area contributed by atoms with Crippen LogP contribution < -0.4 is 4.90 Å². The first-order valence-corrected chi connectivity index (χ1v) is 12.5. The number of benzene rings is 1. The molecule has 0 aliphatic rings. The molecular weight excluding hydrogens is 453 g/mol. The third-order valence-corrected chi connectivity index (χ3v) is 5.59. The Labute approximate surface area is 213 Å². The predicted molar refractivity (Wildman–Crippen MR) is 144 cm³/mol. The molecule has 0 atom stereocenters. The molecule has 0 saturated carbocycles. The van der Waals surface area contributed by atoms with Gasteiger partial charge in [0.15, 0.2) is 0 Å². The highest BCUT2D eigenvalue weighted by Gasteiger charge is 2.23. The molecule has 0 unspecified atom stereocenters. The van der Waals surface area contributed by atoms with Crippen molar-refractivity contribution < 1.29 is 9.18 Å². The van der Waals surface area contributed by atoms with Crippen molar-refractivity contribution in [3.63, 3.8) is 0 Å². The fourth-order valence-corrected chi connectivity index (χ4v) is 3.91. The Morgan fingerprint density at radius 2 is 1.75 bits per heavy atom. The molecule has 0 radical (unpaired) electrons. The lowest BCUT2D eigenvalue weighted by atomic mass is 9.92. The number of carbonyl (C=O) groups excluding carboxylic acids is 1. The normalized spacial score (nSPS) is 11.2. The van der Waals surface area contributed by atoms with Crippen molar-refractivity contribution in [1.82, 2.24) is 19.4 Å². The third-order valence-electron chi connectivity index (χ3n) is 5.59. The van der Waals surface area contributed by atoms with E-state index in [2.05, 4.69) is 24.0 Å². The van der Waals surface area contributed by atoms with Gasteiger partial charge < -0.3 is 0 Å². The van der Waals surface area contributed by atoms with Crippen molar-refractivity contribution in [2.24, 2.45) is 5.41 Å². The zero-order valence-corrected chi connectivity index (χ0v) is 22.3. The number of fused-ring (bicyclic) bond motifs is 1. The van der Waals surface area contributed by atoms with Crippen LogP contribution in [0.3, 0.4) is 0 Å². The van der Waals surface area contributed by atoms with Crippen molar-refractivity contribution in [3.8, 4) is 22.6 Å². The molecule has 3 heterocycles. The molecule has 0 spiro atoms. The van der Waals surface area contributed by atoms with Gasteiger partial charge in [0.05, 0.1) is 17.1 Å². The molecule has 7 heteroatoms. The fourth-order valence-electron chi connectivity index (χ4n) is 3.91. The van der Waals surface area contributed by atoms with Crippen LogP contribution in [0.15, 0.2) is 54.9 Å². The number of aromatic nitrogens is 4. The van der Waals surface area contributed by atoms with E-state index in [1.807, 2.05) is 51.3 Å². The molecule has 0 fully saturated rings. The van der Waals surface area contributed by atoms with Crippen molar-refractivity contribution in [2.45, 2.75) is 60.8 Å². The Morgan fingerprint density at radius 1 is 1.06 bits per heavy atom. The second-order valence-electron chi connectivity index (χ2n) is 9.76. The second kappa shape index (κ2) is 11.4. The van der Waals surface area contributed by atoms with Gasteiger partial charge in [0.2, 0.25) is 11.9 Å². The number of imidazole rings is 1. The van der Waals surface area contributed by atoms with E-state index in [0.29, 0.717) is 23.8 Å². The van der Waals surface area contributed by atoms with Crippen molar-refractivity contribution in [3.05, 3.63) is 66.2 Å². The molecule has 4 rings (SSSR count). The predicted octanol–water partition coefficient (Wildman–Crippen LogP) is 6.98.